The number of nitrogens with one attached hydrogen (secondary N) is 3. The van der Waals surface area contributed by atoms with Crippen LogP contribution in [0.2, 0.25) is 0 Å². The van der Waals surface area contributed by atoms with E-state index in [1.54, 1.807) is 10.9 Å². The minimum atomic E-state index is -0.629. The molecule has 0 unspecified atom stereocenters. The van der Waals surface area contributed by atoms with Gasteiger partial charge in [0.25, 0.3) is 0 Å². The third-order valence-electron chi connectivity index (χ3n) is 4.35. The van der Waals surface area contributed by atoms with Crippen molar-refractivity contribution in [2.75, 3.05) is 10.6 Å². The molecule has 0 aliphatic carbocycles. The van der Waals surface area contributed by atoms with Crippen LogP contribution in [-0.4, -0.2) is 29.9 Å². The molecule has 0 amide bonds. The third kappa shape index (κ3) is 3.86. The molecule has 0 atom stereocenters. The highest BCUT2D eigenvalue weighted by molar-refractivity contribution is 5.89. The Bertz CT molecular complexity index is 1160. The van der Waals surface area contributed by atoms with Crippen LogP contribution in [0.4, 0.5) is 26.4 Å². The molecule has 29 heavy (non-hydrogen) atoms. The molecule has 4 aromatic rings. The third-order valence-corrected chi connectivity index (χ3v) is 4.35. The molecule has 0 aliphatic heterocycles. The number of fused-ring (bicyclic) bond motifs is 1. The average Bonchev–Trinajstić information content (AvgIpc) is 3.27. The SMILES string of the molecule is Cc1cc(Nc2nc(NCc3ccc(F)cc3F)nc3c2cnn3C(C)C)n[nH]1. The van der Waals surface area contributed by atoms with Crippen LogP contribution in [0.1, 0.15) is 31.1 Å². The number of aromatic nitrogens is 6. The number of rotatable bonds is 6. The van der Waals surface area contributed by atoms with E-state index in [0.29, 0.717) is 28.8 Å². The molecule has 0 fully saturated rings. The molecular weight excluding hydrogens is 378 g/mol. The van der Waals surface area contributed by atoms with E-state index in [-0.39, 0.29) is 12.6 Å². The van der Waals surface area contributed by atoms with Crippen molar-refractivity contribution < 1.29 is 8.78 Å². The second-order valence-electron chi connectivity index (χ2n) is 6.97. The van der Waals surface area contributed by atoms with Gasteiger partial charge in [0, 0.05) is 36.0 Å². The fraction of sp³-hybridized carbons (Fsp3) is 0.263. The van der Waals surface area contributed by atoms with Crippen molar-refractivity contribution in [3.8, 4) is 0 Å². The predicted molar refractivity (Wildman–Crippen MR) is 106 cm³/mol. The van der Waals surface area contributed by atoms with Gasteiger partial charge in [-0.2, -0.15) is 20.2 Å². The van der Waals surface area contributed by atoms with E-state index < -0.39 is 11.6 Å². The lowest BCUT2D eigenvalue weighted by Gasteiger charge is -2.11. The van der Waals surface area contributed by atoms with Crippen molar-refractivity contribution in [1.29, 1.82) is 0 Å². The quantitative estimate of drug-likeness (QED) is 0.453. The van der Waals surface area contributed by atoms with Gasteiger partial charge in [-0.3, -0.25) is 5.10 Å². The summed E-state index contributed by atoms with van der Waals surface area (Å²) in [4.78, 5) is 9.04. The largest absolute Gasteiger partial charge is 0.350 e. The van der Waals surface area contributed by atoms with Gasteiger partial charge in [-0.15, -0.1) is 0 Å². The zero-order chi connectivity index (χ0) is 20.5. The molecule has 10 heteroatoms. The summed E-state index contributed by atoms with van der Waals surface area (Å²) in [5.74, 6) is 0.172. The Morgan fingerprint density at radius 1 is 1.17 bits per heavy atom. The summed E-state index contributed by atoms with van der Waals surface area (Å²) in [5.41, 5.74) is 1.84. The summed E-state index contributed by atoms with van der Waals surface area (Å²) >= 11 is 0. The minimum Gasteiger partial charge on any atom is -0.350 e. The van der Waals surface area contributed by atoms with Crippen molar-refractivity contribution in [3.63, 3.8) is 0 Å². The molecule has 0 bridgehead atoms. The first-order valence-corrected chi connectivity index (χ1v) is 9.13. The molecule has 0 saturated heterocycles. The summed E-state index contributed by atoms with van der Waals surface area (Å²) in [6.45, 7) is 6.00. The van der Waals surface area contributed by atoms with Gasteiger partial charge in [0.05, 0.1) is 11.6 Å². The van der Waals surface area contributed by atoms with E-state index in [0.717, 1.165) is 17.1 Å². The summed E-state index contributed by atoms with van der Waals surface area (Å²) in [7, 11) is 0. The zero-order valence-corrected chi connectivity index (χ0v) is 16.2. The van der Waals surface area contributed by atoms with Crippen molar-refractivity contribution in [1.82, 2.24) is 29.9 Å². The van der Waals surface area contributed by atoms with Gasteiger partial charge in [-0.1, -0.05) is 6.07 Å². The van der Waals surface area contributed by atoms with Gasteiger partial charge in [0.2, 0.25) is 5.95 Å². The highest BCUT2D eigenvalue weighted by atomic mass is 19.1. The van der Waals surface area contributed by atoms with E-state index in [1.807, 2.05) is 26.8 Å². The minimum absolute atomic E-state index is 0.0882. The Hall–Kier alpha value is -3.56. The summed E-state index contributed by atoms with van der Waals surface area (Å²) in [6, 6.07) is 5.39. The van der Waals surface area contributed by atoms with E-state index in [9.17, 15) is 8.78 Å². The lowest BCUT2D eigenvalue weighted by molar-refractivity contribution is 0.546. The molecular formula is C19H20F2N8. The normalized spacial score (nSPS) is 11.4. The maximum atomic E-state index is 13.9. The van der Waals surface area contributed by atoms with Gasteiger partial charge in [0.15, 0.2) is 11.5 Å². The summed E-state index contributed by atoms with van der Waals surface area (Å²) in [6.07, 6.45) is 1.70. The Morgan fingerprint density at radius 3 is 2.69 bits per heavy atom. The second kappa shape index (κ2) is 7.46. The predicted octanol–water partition coefficient (Wildman–Crippen LogP) is 4.07. The monoisotopic (exact) mass is 398 g/mol. The van der Waals surface area contributed by atoms with Crippen LogP contribution < -0.4 is 10.6 Å². The zero-order valence-electron chi connectivity index (χ0n) is 16.2. The fourth-order valence-electron chi connectivity index (χ4n) is 2.92. The first-order valence-electron chi connectivity index (χ1n) is 9.13. The lowest BCUT2D eigenvalue weighted by Crippen LogP contribution is -2.09. The van der Waals surface area contributed by atoms with E-state index >= 15 is 0 Å². The Labute approximate surface area is 165 Å². The van der Waals surface area contributed by atoms with Gasteiger partial charge < -0.3 is 10.6 Å². The molecule has 0 saturated carbocycles. The summed E-state index contributed by atoms with van der Waals surface area (Å²) in [5, 5.41) is 18.4. The lowest BCUT2D eigenvalue weighted by atomic mass is 10.2. The van der Waals surface area contributed by atoms with Crippen molar-refractivity contribution >= 4 is 28.6 Å². The van der Waals surface area contributed by atoms with E-state index in [2.05, 4.69) is 35.9 Å². The Kier molecular flexibility index (Phi) is 4.83. The van der Waals surface area contributed by atoms with Crippen molar-refractivity contribution in [2.24, 2.45) is 0 Å². The number of hydrogen-bond donors (Lipinski definition) is 3. The number of halogens is 2. The number of anilines is 3. The number of benzene rings is 1. The Balaban J connectivity index is 1.69. The number of H-pyrrole nitrogens is 1. The standard InChI is InChI=1S/C19H20F2N8/c1-10(2)29-18-14(9-23-29)17(24-16-6-11(3)27-28-16)25-19(26-18)22-8-12-4-5-13(20)7-15(12)21/h4-7,9-10H,8H2,1-3H3,(H3,22,24,25,26,27,28). The van der Waals surface area contributed by atoms with Crippen LogP contribution in [0.25, 0.3) is 11.0 Å². The highest BCUT2D eigenvalue weighted by Gasteiger charge is 2.16. The first kappa shape index (κ1) is 18.8. The van der Waals surface area contributed by atoms with Crippen LogP contribution in [0, 0.1) is 18.6 Å². The van der Waals surface area contributed by atoms with Gasteiger partial charge in [-0.05, 0) is 26.8 Å². The molecule has 3 heterocycles. The van der Waals surface area contributed by atoms with E-state index in [4.69, 9.17) is 0 Å². The van der Waals surface area contributed by atoms with Gasteiger partial charge >= 0.3 is 0 Å². The van der Waals surface area contributed by atoms with Gasteiger partial charge in [0.1, 0.15) is 17.5 Å². The van der Waals surface area contributed by atoms with Crippen LogP contribution in [0.5, 0.6) is 0 Å². The number of hydrogen-bond acceptors (Lipinski definition) is 6. The van der Waals surface area contributed by atoms with Crippen molar-refractivity contribution in [3.05, 3.63) is 53.4 Å². The number of aryl methyl sites for hydroxylation is 1. The van der Waals surface area contributed by atoms with Crippen LogP contribution in [0.3, 0.4) is 0 Å². The maximum absolute atomic E-state index is 13.9. The molecule has 3 N–H and O–H groups in total. The molecule has 3 aromatic heterocycles. The average molecular weight is 398 g/mol. The second-order valence-corrected chi connectivity index (χ2v) is 6.97. The molecule has 8 nitrogen and oxygen atoms in total. The molecule has 4 rings (SSSR count). The van der Waals surface area contributed by atoms with E-state index in [1.165, 1.54) is 12.1 Å². The van der Waals surface area contributed by atoms with Crippen molar-refractivity contribution in [2.45, 2.75) is 33.4 Å². The summed E-state index contributed by atoms with van der Waals surface area (Å²) < 4.78 is 28.8. The topological polar surface area (TPSA) is 96.3 Å². The fourth-order valence-corrected chi connectivity index (χ4v) is 2.92. The molecule has 1 aromatic carbocycles. The smallest absolute Gasteiger partial charge is 0.227 e. The van der Waals surface area contributed by atoms with Crippen LogP contribution in [0.15, 0.2) is 30.5 Å². The molecule has 150 valence electrons. The number of nitrogens with zero attached hydrogens (tertiary/aromatic N) is 5. The molecule has 0 spiro atoms. The first-order chi connectivity index (χ1) is 13.9. The highest BCUT2D eigenvalue weighted by Crippen LogP contribution is 2.26. The maximum Gasteiger partial charge on any atom is 0.227 e. The number of aromatic amines is 1. The molecule has 0 aliphatic rings. The van der Waals surface area contributed by atoms with Gasteiger partial charge in [-0.25, -0.2) is 13.5 Å². The van der Waals surface area contributed by atoms with Crippen LogP contribution in [-0.2, 0) is 6.54 Å². The van der Waals surface area contributed by atoms with Crippen LogP contribution >= 0.6 is 0 Å². The molecule has 0 radical (unpaired) electrons. The Morgan fingerprint density at radius 2 is 2.00 bits per heavy atom.